The SMILES string of the molecule is CO[C@@H]1O[C@H](CO)C(O)[C@@H]1O. The molecule has 1 saturated heterocycles. The zero-order chi connectivity index (χ0) is 8.43. The highest BCUT2D eigenvalue weighted by atomic mass is 16.7. The standard InChI is InChI=1S/C6H12O5/c1-10-6-5(9)4(8)3(2-7)11-6/h3-9H,2H2,1H3/t3-,4?,5+,6-/m1/s1. The van der Waals surface area contributed by atoms with Crippen LogP contribution in [0.15, 0.2) is 0 Å². The van der Waals surface area contributed by atoms with Crippen LogP contribution in [0.4, 0.5) is 0 Å². The third-order valence-corrected chi connectivity index (χ3v) is 1.73. The maximum absolute atomic E-state index is 9.15. The smallest absolute Gasteiger partial charge is 0.186 e. The number of methoxy groups -OCH3 is 1. The Kier molecular flexibility index (Phi) is 2.80. The topological polar surface area (TPSA) is 79.2 Å². The lowest BCUT2D eigenvalue weighted by Crippen LogP contribution is -2.34. The Morgan fingerprint density at radius 3 is 2.27 bits per heavy atom. The average Bonchev–Trinajstić information content (AvgIpc) is 2.30. The lowest BCUT2D eigenvalue weighted by molar-refractivity contribution is -0.153. The third kappa shape index (κ3) is 1.52. The van der Waals surface area contributed by atoms with Gasteiger partial charge >= 0.3 is 0 Å². The van der Waals surface area contributed by atoms with E-state index < -0.39 is 24.6 Å². The van der Waals surface area contributed by atoms with Crippen LogP contribution < -0.4 is 0 Å². The molecule has 1 heterocycles. The van der Waals surface area contributed by atoms with E-state index in [1.54, 1.807) is 0 Å². The molecule has 0 saturated carbocycles. The first-order valence-electron chi connectivity index (χ1n) is 3.36. The molecule has 1 aliphatic rings. The van der Waals surface area contributed by atoms with Crippen molar-refractivity contribution in [3.8, 4) is 0 Å². The maximum Gasteiger partial charge on any atom is 0.186 e. The van der Waals surface area contributed by atoms with E-state index in [0.717, 1.165) is 0 Å². The van der Waals surface area contributed by atoms with Gasteiger partial charge in [-0.05, 0) is 0 Å². The van der Waals surface area contributed by atoms with Crippen molar-refractivity contribution in [3.63, 3.8) is 0 Å². The summed E-state index contributed by atoms with van der Waals surface area (Å²) in [5.74, 6) is 0. The monoisotopic (exact) mass is 164 g/mol. The molecule has 4 atom stereocenters. The van der Waals surface area contributed by atoms with Gasteiger partial charge in [-0.25, -0.2) is 0 Å². The molecule has 1 aliphatic heterocycles. The lowest BCUT2D eigenvalue weighted by atomic mass is 10.1. The van der Waals surface area contributed by atoms with Crippen LogP contribution in [0.3, 0.4) is 0 Å². The molecule has 1 rings (SSSR count). The van der Waals surface area contributed by atoms with Crippen LogP contribution in [0.25, 0.3) is 0 Å². The van der Waals surface area contributed by atoms with Gasteiger partial charge < -0.3 is 24.8 Å². The van der Waals surface area contributed by atoms with Crippen molar-refractivity contribution < 1.29 is 24.8 Å². The van der Waals surface area contributed by atoms with Crippen LogP contribution in [0.2, 0.25) is 0 Å². The fourth-order valence-corrected chi connectivity index (χ4v) is 1.06. The summed E-state index contributed by atoms with van der Waals surface area (Å²) in [7, 11) is 1.36. The predicted molar refractivity (Wildman–Crippen MR) is 34.8 cm³/mol. The van der Waals surface area contributed by atoms with Gasteiger partial charge in [0, 0.05) is 7.11 Å². The van der Waals surface area contributed by atoms with Crippen molar-refractivity contribution in [1.82, 2.24) is 0 Å². The number of aliphatic hydroxyl groups excluding tert-OH is 3. The van der Waals surface area contributed by atoms with E-state index >= 15 is 0 Å². The fourth-order valence-electron chi connectivity index (χ4n) is 1.06. The van der Waals surface area contributed by atoms with Crippen LogP contribution in [-0.2, 0) is 9.47 Å². The van der Waals surface area contributed by atoms with Gasteiger partial charge in [0.25, 0.3) is 0 Å². The van der Waals surface area contributed by atoms with Crippen LogP contribution in [0.5, 0.6) is 0 Å². The van der Waals surface area contributed by atoms with Crippen LogP contribution >= 0.6 is 0 Å². The summed E-state index contributed by atoms with van der Waals surface area (Å²) in [5, 5.41) is 26.9. The van der Waals surface area contributed by atoms with Crippen molar-refractivity contribution in [2.75, 3.05) is 13.7 Å². The van der Waals surface area contributed by atoms with Crippen LogP contribution in [0.1, 0.15) is 0 Å². The highest BCUT2D eigenvalue weighted by molar-refractivity contribution is 4.85. The Hall–Kier alpha value is -0.200. The van der Waals surface area contributed by atoms with E-state index in [-0.39, 0.29) is 6.61 Å². The molecule has 0 radical (unpaired) electrons. The molecule has 0 aromatic rings. The Morgan fingerprint density at radius 2 is 2.00 bits per heavy atom. The van der Waals surface area contributed by atoms with Gasteiger partial charge in [0.1, 0.15) is 18.3 Å². The van der Waals surface area contributed by atoms with E-state index in [1.165, 1.54) is 7.11 Å². The Labute approximate surface area is 64.2 Å². The van der Waals surface area contributed by atoms with Gasteiger partial charge in [0.15, 0.2) is 6.29 Å². The van der Waals surface area contributed by atoms with Crippen LogP contribution in [0, 0.1) is 0 Å². The summed E-state index contributed by atoms with van der Waals surface area (Å²) in [6.45, 7) is -0.321. The van der Waals surface area contributed by atoms with E-state index in [2.05, 4.69) is 4.74 Å². The summed E-state index contributed by atoms with van der Waals surface area (Å²) in [5.41, 5.74) is 0. The number of rotatable bonds is 2. The summed E-state index contributed by atoms with van der Waals surface area (Å²) in [4.78, 5) is 0. The van der Waals surface area contributed by atoms with Gasteiger partial charge in [0.2, 0.25) is 0 Å². The molecule has 11 heavy (non-hydrogen) atoms. The Bertz CT molecular complexity index is 110. The fraction of sp³-hybridized carbons (Fsp3) is 1.00. The molecular formula is C6H12O5. The third-order valence-electron chi connectivity index (χ3n) is 1.73. The van der Waals surface area contributed by atoms with Crippen molar-refractivity contribution in [3.05, 3.63) is 0 Å². The molecule has 0 spiro atoms. The van der Waals surface area contributed by atoms with Gasteiger partial charge in [-0.2, -0.15) is 0 Å². The molecule has 0 bridgehead atoms. The van der Waals surface area contributed by atoms with E-state index in [1.807, 2.05) is 0 Å². The van der Waals surface area contributed by atoms with E-state index in [4.69, 9.17) is 20.1 Å². The second-order valence-corrected chi connectivity index (χ2v) is 2.44. The Morgan fingerprint density at radius 1 is 1.36 bits per heavy atom. The Balaban J connectivity index is 2.53. The summed E-state index contributed by atoms with van der Waals surface area (Å²) < 4.78 is 9.59. The molecule has 3 N–H and O–H groups in total. The van der Waals surface area contributed by atoms with Gasteiger partial charge in [-0.1, -0.05) is 0 Å². The molecule has 1 unspecified atom stereocenters. The second-order valence-electron chi connectivity index (χ2n) is 2.44. The first kappa shape index (κ1) is 8.89. The normalized spacial score (nSPS) is 44.7. The number of hydrogen-bond donors (Lipinski definition) is 3. The molecule has 0 aromatic carbocycles. The molecule has 66 valence electrons. The summed E-state index contributed by atoms with van der Waals surface area (Å²) in [6, 6.07) is 0. The lowest BCUT2D eigenvalue weighted by Gasteiger charge is -2.11. The average molecular weight is 164 g/mol. The molecule has 0 aliphatic carbocycles. The van der Waals surface area contributed by atoms with Gasteiger partial charge in [-0.15, -0.1) is 0 Å². The van der Waals surface area contributed by atoms with E-state index in [9.17, 15) is 0 Å². The van der Waals surface area contributed by atoms with Crippen molar-refractivity contribution in [2.45, 2.75) is 24.6 Å². The highest BCUT2D eigenvalue weighted by Gasteiger charge is 2.42. The van der Waals surface area contributed by atoms with Gasteiger partial charge in [-0.3, -0.25) is 0 Å². The zero-order valence-electron chi connectivity index (χ0n) is 6.17. The van der Waals surface area contributed by atoms with Crippen molar-refractivity contribution in [1.29, 1.82) is 0 Å². The van der Waals surface area contributed by atoms with Crippen molar-refractivity contribution in [2.24, 2.45) is 0 Å². The quantitative estimate of drug-likeness (QED) is 0.443. The van der Waals surface area contributed by atoms with Crippen molar-refractivity contribution >= 4 is 0 Å². The molecule has 0 amide bonds. The minimum absolute atomic E-state index is 0.321. The minimum Gasteiger partial charge on any atom is -0.394 e. The minimum atomic E-state index is -1.07. The zero-order valence-corrected chi connectivity index (χ0v) is 6.17. The second kappa shape index (κ2) is 3.46. The molecular weight excluding hydrogens is 152 g/mol. The first-order valence-corrected chi connectivity index (χ1v) is 3.36. The van der Waals surface area contributed by atoms with Crippen LogP contribution in [-0.4, -0.2) is 53.6 Å². The summed E-state index contributed by atoms with van der Waals surface area (Å²) in [6.07, 6.45) is -3.71. The highest BCUT2D eigenvalue weighted by Crippen LogP contribution is 2.20. The predicted octanol–water partition coefficient (Wildman–Crippen LogP) is -1.93. The maximum atomic E-state index is 9.15. The van der Waals surface area contributed by atoms with Gasteiger partial charge in [0.05, 0.1) is 6.61 Å². The number of ether oxygens (including phenoxy) is 2. The molecule has 5 heteroatoms. The molecule has 5 nitrogen and oxygen atoms in total. The number of aliphatic hydroxyl groups is 3. The summed E-state index contributed by atoms with van der Waals surface area (Å²) >= 11 is 0. The van der Waals surface area contributed by atoms with E-state index in [0.29, 0.717) is 0 Å². The molecule has 0 aromatic heterocycles. The first-order chi connectivity index (χ1) is 5.20. The molecule has 1 fully saturated rings. The number of hydrogen-bond acceptors (Lipinski definition) is 5. The largest absolute Gasteiger partial charge is 0.394 e.